The van der Waals surface area contributed by atoms with Crippen LogP contribution < -0.4 is 16.0 Å². The van der Waals surface area contributed by atoms with Crippen molar-refractivity contribution in [2.45, 2.75) is 19.8 Å². The van der Waals surface area contributed by atoms with Gasteiger partial charge in [-0.3, -0.25) is 9.59 Å². The number of hydrogen-bond donors (Lipinski definition) is 2. The van der Waals surface area contributed by atoms with Crippen LogP contribution >= 0.6 is 0 Å². The normalized spacial score (nSPS) is 14.0. The zero-order valence-corrected chi connectivity index (χ0v) is 20.2. The van der Waals surface area contributed by atoms with E-state index in [1.807, 2.05) is 85.8 Å². The summed E-state index contributed by atoms with van der Waals surface area (Å²) in [5, 5.41) is 7.82. The number of aromatic nitrogens is 2. The quantitative estimate of drug-likeness (QED) is 0.415. The van der Waals surface area contributed by atoms with Gasteiger partial charge in [0.25, 0.3) is 5.91 Å². The van der Waals surface area contributed by atoms with Crippen molar-refractivity contribution in [1.82, 2.24) is 9.78 Å². The van der Waals surface area contributed by atoms with Gasteiger partial charge in [-0.05, 0) is 61.7 Å². The average Bonchev–Trinajstić information content (AvgIpc) is 3.35. The number of benzene rings is 3. The Kier molecular flexibility index (Phi) is 6.54. The number of para-hydroxylation sites is 1. The second-order valence-electron chi connectivity index (χ2n) is 9.15. The number of hydrogen-bond acceptors (Lipinski definition) is 4. The molecule has 4 aromatic rings. The molecule has 0 bridgehead atoms. The molecule has 1 fully saturated rings. The van der Waals surface area contributed by atoms with Crippen molar-refractivity contribution >= 4 is 23.2 Å². The number of nitrogens with zero attached hydrogens (tertiary/aromatic N) is 3. The predicted octanol–water partition coefficient (Wildman–Crippen LogP) is 4.80. The Morgan fingerprint density at radius 1 is 0.889 bits per heavy atom. The molecule has 0 unspecified atom stereocenters. The number of rotatable bonds is 6. The van der Waals surface area contributed by atoms with Gasteiger partial charge in [0, 0.05) is 42.1 Å². The Hall–Kier alpha value is -4.39. The van der Waals surface area contributed by atoms with Crippen LogP contribution in [0, 0.1) is 12.8 Å². The first-order chi connectivity index (χ1) is 17.5. The standard InChI is InChI=1S/C29H29N5O2/c1-20-7-5-6-10-25(20)27-26(19-34(32-27)24-8-3-2-4-9-24)29(36)31-22-11-13-23(14-12-22)33-17-15-21(16-18-33)28(30)35/h2-14,19,21H,15-18H2,1H3,(H2,30,35)(H,31,36). The van der Waals surface area contributed by atoms with Crippen molar-refractivity contribution in [2.24, 2.45) is 11.7 Å². The smallest absolute Gasteiger partial charge is 0.259 e. The number of carbonyl (C=O) groups excluding carboxylic acids is 2. The molecular formula is C29H29N5O2. The Morgan fingerprint density at radius 3 is 2.22 bits per heavy atom. The number of piperidine rings is 1. The molecular weight excluding hydrogens is 450 g/mol. The van der Waals surface area contributed by atoms with Gasteiger partial charge < -0.3 is 16.0 Å². The highest BCUT2D eigenvalue weighted by molar-refractivity contribution is 6.08. The molecule has 0 spiro atoms. The van der Waals surface area contributed by atoms with Crippen LogP contribution in [0.3, 0.4) is 0 Å². The van der Waals surface area contributed by atoms with Crippen LogP contribution in [0.15, 0.2) is 85.1 Å². The summed E-state index contributed by atoms with van der Waals surface area (Å²) < 4.78 is 1.75. The van der Waals surface area contributed by atoms with Crippen molar-refractivity contribution in [3.8, 4) is 16.9 Å². The molecule has 0 saturated carbocycles. The molecule has 7 nitrogen and oxygen atoms in total. The van der Waals surface area contributed by atoms with E-state index in [2.05, 4.69) is 10.2 Å². The summed E-state index contributed by atoms with van der Waals surface area (Å²) in [7, 11) is 0. The van der Waals surface area contributed by atoms with E-state index >= 15 is 0 Å². The molecule has 1 aliphatic rings. The largest absolute Gasteiger partial charge is 0.371 e. The van der Waals surface area contributed by atoms with E-state index < -0.39 is 0 Å². The van der Waals surface area contributed by atoms with Gasteiger partial charge in [0.15, 0.2) is 0 Å². The highest BCUT2D eigenvalue weighted by Crippen LogP contribution is 2.28. The summed E-state index contributed by atoms with van der Waals surface area (Å²) in [6, 6.07) is 25.5. The van der Waals surface area contributed by atoms with E-state index in [-0.39, 0.29) is 17.7 Å². The number of amides is 2. The molecule has 2 amide bonds. The van der Waals surface area contributed by atoms with Gasteiger partial charge in [-0.1, -0.05) is 42.5 Å². The van der Waals surface area contributed by atoms with Crippen LogP contribution in [0.1, 0.15) is 28.8 Å². The lowest BCUT2D eigenvalue weighted by atomic mass is 9.96. The summed E-state index contributed by atoms with van der Waals surface area (Å²) in [6.07, 6.45) is 3.31. The van der Waals surface area contributed by atoms with Gasteiger partial charge in [-0.25, -0.2) is 4.68 Å². The fourth-order valence-corrected chi connectivity index (χ4v) is 4.67. The van der Waals surface area contributed by atoms with E-state index in [4.69, 9.17) is 10.8 Å². The molecule has 3 aromatic carbocycles. The second kappa shape index (κ2) is 10.1. The zero-order chi connectivity index (χ0) is 25.1. The van der Waals surface area contributed by atoms with Crippen molar-refractivity contribution in [2.75, 3.05) is 23.3 Å². The Morgan fingerprint density at radius 2 is 1.56 bits per heavy atom. The van der Waals surface area contributed by atoms with Gasteiger partial charge in [0.2, 0.25) is 5.91 Å². The molecule has 36 heavy (non-hydrogen) atoms. The van der Waals surface area contributed by atoms with Crippen LogP contribution in [-0.4, -0.2) is 34.7 Å². The van der Waals surface area contributed by atoms with Crippen LogP contribution in [0.4, 0.5) is 11.4 Å². The van der Waals surface area contributed by atoms with Gasteiger partial charge >= 0.3 is 0 Å². The summed E-state index contributed by atoms with van der Waals surface area (Å²) in [5.41, 5.74) is 11.2. The van der Waals surface area contributed by atoms with Gasteiger partial charge in [0.1, 0.15) is 5.69 Å². The molecule has 0 radical (unpaired) electrons. The number of aryl methyl sites for hydroxylation is 1. The average molecular weight is 480 g/mol. The number of primary amides is 1. The third kappa shape index (κ3) is 4.86. The van der Waals surface area contributed by atoms with Crippen LogP contribution in [0.2, 0.25) is 0 Å². The van der Waals surface area contributed by atoms with E-state index in [1.165, 1.54) is 0 Å². The van der Waals surface area contributed by atoms with E-state index in [1.54, 1.807) is 10.9 Å². The maximum atomic E-state index is 13.4. The predicted molar refractivity (Wildman–Crippen MR) is 142 cm³/mol. The fourth-order valence-electron chi connectivity index (χ4n) is 4.67. The topological polar surface area (TPSA) is 93.2 Å². The van der Waals surface area contributed by atoms with E-state index in [9.17, 15) is 9.59 Å². The van der Waals surface area contributed by atoms with Gasteiger partial charge in [-0.15, -0.1) is 0 Å². The second-order valence-corrected chi connectivity index (χ2v) is 9.15. The van der Waals surface area contributed by atoms with Crippen molar-refractivity contribution in [3.63, 3.8) is 0 Å². The third-order valence-corrected chi connectivity index (χ3v) is 6.77. The Bertz CT molecular complexity index is 1370. The summed E-state index contributed by atoms with van der Waals surface area (Å²) >= 11 is 0. The molecule has 182 valence electrons. The minimum atomic E-state index is -0.217. The minimum Gasteiger partial charge on any atom is -0.371 e. The molecule has 1 aromatic heterocycles. The van der Waals surface area contributed by atoms with Gasteiger partial charge in [0.05, 0.1) is 11.3 Å². The Balaban J connectivity index is 1.37. The summed E-state index contributed by atoms with van der Waals surface area (Å²) in [6.45, 7) is 3.60. The molecule has 1 saturated heterocycles. The highest BCUT2D eigenvalue weighted by atomic mass is 16.2. The summed E-state index contributed by atoms with van der Waals surface area (Å²) in [4.78, 5) is 27.1. The first-order valence-corrected chi connectivity index (χ1v) is 12.2. The zero-order valence-electron chi connectivity index (χ0n) is 20.2. The lowest BCUT2D eigenvalue weighted by molar-refractivity contribution is -0.122. The van der Waals surface area contributed by atoms with E-state index in [0.717, 1.165) is 48.4 Å². The van der Waals surface area contributed by atoms with E-state index in [0.29, 0.717) is 16.9 Å². The Labute approximate surface area is 210 Å². The molecule has 2 heterocycles. The monoisotopic (exact) mass is 479 g/mol. The van der Waals surface area contributed by atoms with Gasteiger partial charge in [-0.2, -0.15) is 5.10 Å². The summed E-state index contributed by atoms with van der Waals surface area (Å²) in [5.74, 6) is -0.474. The molecule has 5 rings (SSSR count). The number of carbonyl (C=O) groups is 2. The minimum absolute atomic E-state index is 0.0425. The lowest BCUT2D eigenvalue weighted by Gasteiger charge is -2.32. The van der Waals surface area contributed by atoms with Crippen molar-refractivity contribution in [1.29, 1.82) is 0 Å². The van der Waals surface area contributed by atoms with Crippen LogP contribution in [0.25, 0.3) is 16.9 Å². The number of nitrogens with two attached hydrogens (primary N) is 1. The maximum absolute atomic E-state index is 13.4. The highest BCUT2D eigenvalue weighted by Gasteiger charge is 2.23. The molecule has 0 atom stereocenters. The van der Waals surface area contributed by atoms with Crippen molar-refractivity contribution in [3.05, 3.63) is 96.2 Å². The number of nitrogens with one attached hydrogen (secondary N) is 1. The van der Waals surface area contributed by atoms with Crippen molar-refractivity contribution < 1.29 is 9.59 Å². The van der Waals surface area contributed by atoms with Crippen LogP contribution in [0.5, 0.6) is 0 Å². The van der Waals surface area contributed by atoms with Crippen LogP contribution in [-0.2, 0) is 4.79 Å². The maximum Gasteiger partial charge on any atom is 0.259 e. The fraction of sp³-hybridized carbons (Fsp3) is 0.207. The first-order valence-electron chi connectivity index (χ1n) is 12.2. The molecule has 7 heteroatoms. The molecule has 1 aliphatic heterocycles. The number of anilines is 2. The third-order valence-electron chi connectivity index (χ3n) is 6.77. The SMILES string of the molecule is Cc1ccccc1-c1nn(-c2ccccc2)cc1C(=O)Nc1ccc(N2CCC(C(N)=O)CC2)cc1. The molecule has 0 aliphatic carbocycles. The molecule has 3 N–H and O–H groups in total. The first kappa shape index (κ1) is 23.4. The lowest BCUT2D eigenvalue weighted by Crippen LogP contribution is -2.38.